The summed E-state index contributed by atoms with van der Waals surface area (Å²) in [5.41, 5.74) is 7.58. The molecule has 0 amide bonds. The van der Waals surface area contributed by atoms with Crippen molar-refractivity contribution in [1.82, 2.24) is 0 Å². The van der Waals surface area contributed by atoms with Gasteiger partial charge < -0.3 is 20.9 Å². The van der Waals surface area contributed by atoms with E-state index < -0.39 is 0 Å². The van der Waals surface area contributed by atoms with Crippen molar-refractivity contribution in [1.29, 1.82) is 0 Å². The maximum absolute atomic E-state index is 8.51. The van der Waals surface area contributed by atoms with E-state index in [1.807, 2.05) is 18.2 Å². The van der Waals surface area contributed by atoms with Gasteiger partial charge in [-0.1, -0.05) is 0 Å². The topological polar surface area (TPSA) is 67.5 Å². The number of benzene rings is 1. The van der Waals surface area contributed by atoms with Crippen molar-refractivity contribution in [2.45, 2.75) is 6.42 Å². The first-order valence-electron chi connectivity index (χ1n) is 5.21. The monoisotopic (exact) mass is 336 g/mol. The van der Waals surface area contributed by atoms with E-state index >= 15 is 0 Å². The molecule has 1 aromatic rings. The average Bonchev–Trinajstić information content (AvgIpc) is 2.26. The van der Waals surface area contributed by atoms with Gasteiger partial charge in [0.2, 0.25) is 0 Å². The molecule has 90 valence electrons. The van der Waals surface area contributed by atoms with Crippen LogP contribution in [-0.4, -0.2) is 31.5 Å². The zero-order valence-corrected chi connectivity index (χ0v) is 11.2. The lowest BCUT2D eigenvalue weighted by molar-refractivity contribution is 0.0922. The van der Waals surface area contributed by atoms with Gasteiger partial charge in [-0.25, -0.2) is 0 Å². The van der Waals surface area contributed by atoms with Gasteiger partial charge in [0, 0.05) is 16.7 Å². The number of aliphatic hydroxyl groups excluding tert-OH is 1. The van der Waals surface area contributed by atoms with Crippen LogP contribution < -0.4 is 11.1 Å². The van der Waals surface area contributed by atoms with E-state index in [1.165, 1.54) is 0 Å². The van der Waals surface area contributed by atoms with Crippen LogP contribution in [0.25, 0.3) is 0 Å². The number of nitrogen functional groups attached to an aromatic ring is 1. The van der Waals surface area contributed by atoms with E-state index in [1.54, 1.807) is 0 Å². The molecule has 0 saturated carbocycles. The molecule has 0 bridgehead atoms. The van der Waals surface area contributed by atoms with Crippen LogP contribution in [-0.2, 0) is 4.74 Å². The van der Waals surface area contributed by atoms with E-state index in [-0.39, 0.29) is 6.61 Å². The lowest BCUT2D eigenvalue weighted by Gasteiger charge is -2.09. The number of nitrogens with two attached hydrogens (primary N) is 1. The second-order valence-electron chi connectivity index (χ2n) is 3.35. The summed E-state index contributed by atoms with van der Waals surface area (Å²) >= 11 is 2.23. The number of rotatable bonds is 7. The molecule has 4 N–H and O–H groups in total. The normalized spacial score (nSPS) is 10.4. The summed E-state index contributed by atoms with van der Waals surface area (Å²) in [5.74, 6) is 0. The molecule has 0 saturated heterocycles. The van der Waals surface area contributed by atoms with Gasteiger partial charge in [-0.05, 0) is 47.2 Å². The van der Waals surface area contributed by atoms with Crippen LogP contribution in [0.2, 0.25) is 0 Å². The molecule has 16 heavy (non-hydrogen) atoms. The number of aliphatic hydroxyl groups is 1. The molecule has 0 heterocycles. The van der Waals surface area contributed by atoms with Crippen molar-refractivity contribution in [3.63, 3.8) is 0 Å². The van der Waals surface area contributed by atoms with Crippen molar-refractivity contribution < 1.29 is 9.84 Å². The minimum absolute atomic E-state index is 0.0809. The number of hydrogen-bond acceptors (Lipinski definition) is 4. The number of anilines is 2. The van der Waals surface area contributed by atoms with Gasteiger partial charge in [-0.3, -0.25) is 0 Å². The van der Waals surface area contributed by atoms with Crippen LogP contribution in [0.4, 0.5) is 11.4 Å². The minimum Gasteiger partial charge on any atom is -0.397 e. The molecular weight excluding hydrogens is 319 g/mol. The highest BCUT2D eigenvalue weighted by Gasteiger charge is 1.98. The van der Waals surface area contributed by atoms with Crippen molar-refractivity contribution in [2.75, 3.05) is 37.4 Å². The largest absolute Gasteiger partial charge is 0.397 e. The van der Waals surface area contributed by atoms with Crippen LogP contribution in [0.3, 0.4) is 0 Å². The Balaban J connectivity index is 2.21. The van der Waals surface area contributed by atoms with Crippen LogP contribution >= 0.6 is 22.6 Å². The van der Waals surface area contributed by atoms with Crippen LogP contribution in [0.15, 0.2) is 18.2 Å². The van der Waals surface area contributed by atoms with Gasteiger partial charge in [0.25, 0.3) is 0 Å². The third-order valence-electron chi connectivity index (χ3n) is 2.03. The summed E-state index contributed by atoms with van der Waals surface area (Å²) < 4.78 is 6.28. The summed E-state index contributed by atoms with van der Waals surface area (Å²) in [6.45, 7) is 1.96. The van der Waals surface area contributed by atoms with E-state index in [0.717, 1.165) is 27.9 Å². The molecule has 0 radical (unpaired) electrons. The third kappa shape index (κ3) is 5.00. The Morgan fingerprint density at radius 3 is 2.88 bits per heavy atom. The smallest absolute Gasteiger partial charge is 0.0697 e. The Morgan fingerprint density at radius 2 is 2.19 bits per heavy atom. The summed E-state index contributed by atoms with van der Waals surface area (Å²) in [7, 11) is 0. The van der Waals surface area contributed by atoms with Crippen LogP contribution in [0.5, 0.6) is 0 Å². The summed E-state index contributed by atoms with van der Waals surface area (Å²) in [5, 5.41) is 11.8. The van der Waals surface area contributed by atoms with Crippen molar-refractivity contribution in [2.24, 2.45) is 0 Å². The zero-order valence-electron chi connectivity index (χ0n) is 9.08. The first-order chi connectivity index (χ1) is 7.74. The molecule has 5 heteroatoms. The maximum atomic E-state index is 8.51. The van der Waals surface area contributed by atoms with Gasteiger partial charge in [-0.2, -0.15) is 0 Å². The molecule has 0 atom stereocenters. The van der Waals surface area contributed by atoms with Crippen LogP contribution in [0, 0.1) is 3.57 Å². The Hall–Kier alpha value is -0.530. The Bertz CT molecular complexity index is 321. The number of halogens is 1. The fourth-order valence-corrected chi connectivity index (χ4v) is 1.77. The van der Waals surface area contributed by atoms with Crippen molar-refractivity contribution >= 4 is 34.0 Å². The van der Waals surface area contributed by atoms with E-state index in [0.29, 0.717) is 13.2 Å². The fraction of sp³-hybridized carbons (Fsp3) is 0.455. The van der Waals surface area contributed by atoms with Gasteiger partial charge in [-0.15, -0.1) is 0 Å². The highest BCUT2D eigenvalue weighted by atomic mass is 127. The summed E-state index contributed by atoms with van der Waals surface area (Å²) in [6, 6.07) is 5.93. The number of hydrogen-bond donors (Lipinski definition) is 3. The fourth-order valence-electron chi connectivity index (χ4n) is 1.26. The van der Waals surface area contributed by atoms with E-state index in [2.05, 4.69) is 27.9 Å². The van der Waals surface area contributed by atoms with Crippen molar-refractivity contribution in [3.8, 4) is 0 Å². The maximum Gasteiger partial charge on any atom is 0.0697 e. The molecule has 0 spiro atoms. The molecule has 0 aromatic heterocycles. The van der Waals surface area contributed by atoms with Gasteiger partial charge in [0.15, 0.2) is 0 Å². The molecule has 0 aliphatic rings. The Morgan fingerprint density at radius 1 is 1.38 bits per heavy atom. The average molecular weight is 336 g/mol. The SMILES string of the molecule is Nc1cc(I)ccc1NCCCOCCO. The van der Waals surface area contributed by atoms with Crippen molar-refractivity contribution in [3.05, 3.63) is 21.8 Å². The predicted octanol–water partition coefficient (Wildman–Crippen LogP) is 1.68. The first kappa shape index (κ1) is 13.5. The summed E-state index contributed by atoms with van der Waals surface area (Å²) in [4.78, 5) is 0. The lowest BCUT2D eigenvalue weighted by atomic mass is 10.2. The van der Waals surface area contributed by atoms with Gasteiger partial charge >= 0.3 is 0 Å². The number of nitrogens with one attached hydrogen (secondary N) is 1. The predicted molar refractivity (Wildman–Crippen MR) is 74.6 cm³/mol. The standard InChI is InChI=1S/C11H17IN2O2/c12-9-2-3-11(10(13)8-9)14-4-1-6-16-7-5-15/h2-3,8,14-15H,1,4-7,13H2. The molecule has 0 aliphatic heterocycles. The molecule has 0 aliphatic carbocycles. The third-order valence-corrected chi connectivity index (χ3v) is 2.70. The Kier molecular flexibility index (Phi) is 6.51. The Labute approximate surface area is 109 Å². The highest BCUT2D eigenvalue weighted by Crippen LogP contribution is 2.20. The highest BCUT2D eigenvalue weighted by molar-refractivity contribution is 14.1. The van der Waals surface area contributed by atoms with Gasteiger partial charge in [0.1, 0.15) is 0 Å². The van der Waals surface area contributed by atoms with Gasteiger partial charge in [0.05, 0.1) is 24.6 Å². The summed E-state index contributed by atoms with van der Waals surface area (Å²) in [6.07, 6.45) is 0.894. The van der Waals surface area contributed by atoms with E-state index in [9.17, 15) is 0 Å². The molecule has 1 aromatic carbocycles. The zero-order chi connectivity index (χ0) is 11.8. The molecular formula is C11H17IN2O2. The number of ether oxygens (including phenoxy) is 1. The lowest BCUT2D eigenvalue weighted by Crippen LogP contribution is -2.08. The molecule has 4 nitrogen and oxygen atoms in total. The molecule has 0 fully saturated rings. The molecule has 0 unspecified atom stereocenters. The first-order valence-corrected chi connectivity index (χ1v) is 6.29. The second-order valence-corrected chi connectivity index (χ2v) is 4.59. The second kappa shape index (κ2) is 7.70. The quantitative estimate of drug-likeness (QED) is 0.403. The van der Waals surface area contributed by atoms with Crippen LogP contribution in [0.1, 0.15) is 6.42 Å². The minimum atomic E-state index is 0.0809. The van der Waals surface area contributed by atoms with E-state index in [4.69, 9.17) is 15.6 Å². The molecule has 1 rings (SSSR count).